The Bertz CT molecular complexity index is 591. The number of nitrogens with one attached hydrogen (secondary N) is 2. The summed E-state index contributed by atoms with van der Waals surface area (Å²) in [5.41, 5.74) is 3.04. The first-order valence-corrected chi connectivity index (χ1v) is 7.09. The molecular weight excluding hydrogens is 320 g/mol. The summed E-state index contributed by atoms with van der Waals surface area (Å²) < 4.78 is 0.387. The predicted octanol–water partition coefficient (Wildman–Crippen LogP) is 1.66. The van der Waals surface area contributed by atoms with Crippen molar-refractivity contribution < 1.29 is 9.72 Å². The smallest absolute Gasteiger partial charge is 0.271 e. The van der Waals surface area contributed by atoms with E-state index < -0.39 is 4.92 Å². The van der Waals surface area contributed by atoms with Gasteiger partial charge in [-0.2, -0.15) is 0 Å². The van der Waals surface area contributed by atoms with E-state index in [1.165, 1.54) is 35.0 Å². The van der Waals surface area contributed by atoms with Crippen LogP contribution in [0.4, 0.5) is 11.4 Å². The van der Waals surface area contributed by atoms with Crippen molar-refractivity contribution >= 4 is 62.9 Å². The van der Waals surface area contributed by atoms with Gasteiger partial charge in [-0.15, -0.1) is 0 Å². The molecule has 0 unspecified atom stereocenters. The average molecular weight is 328 g/mol. The summed E-state index contributed by atoms with van der Waals surface area (Å²) in [7, 11) is 0. The fourth-order valence-electron chi connectivity index (χ4n) is 1.42. The summed E-state index contributed by atoms with van der Waals surface area (Å²) in [6.07, 6.45) is 0. The molecule has 2 N–H and O–H groups in total. The van der Waals surface area contributed by atoms with Crippen LogP contribution in [0.25, 0.3) is 0 Å². The number of hydrogen-bond donors (Lipinski definition) is 2. The Morgan fingerprint density at radius 2 is 2.25 bits per heavy atom. The molecule has 20 heavy (non-hydrogen) atoms. The minimum absolute atomic E-state index is 0.0545. The standard InChI is InChI=1S/C10H8N4O3S3/c15-8-5-20-10(19)13(8)12-9(18)11-6-2-1-3-7(4-6)14(16)17/h1-4H,5H2,(H2,11,12,18). The maximum Gasteiger partial charge on any atom is 0.271 e. The van der Waals surface area contributed by atoms with Crippen LogP contribution in [0.1, 0.15) is 0 Å². The lowest BCUT2D eigenvalue weighted by Gasteiger charge is -2.18. The fraction of sp³-hybridized carbons (Fsp3) is 0.100. The molecule has 1 aromatic rings. The van der Waals surface area contributed by atoms with Gasteiger partial charge in [0.1, 0.15) is 0 Å². The number of non-ortho nitro benzene ring substituents is 1. The Morgan fingerprint density at radius 1 is 1.50 bits per heavy atom. The zero-order valence-electron chi connectivity index (χ0n) is 9.86. The number of thiocarbonyl (C=S) groups is 2. The number of benzene rings is 1. The van der Waals surface area contributed by atoms with Gasteiger partial charge in [0.15, 0.2) is 9.43 Å². The number of thioether (sulfide) groups is 1. The average Bonchev–Trinajstić information content (AvgIpc) is 2.71. The maximum atomic E-state index is 11.5. The number of carbonyl (C=O) groups excluding carboxylic acids is 1. The molecule has 0 spiro atoms. The molecule has 0 aromatic heterocycles. The maximum absolute atomic E-state index is 11.5. The Kier molecular flexibility index (Phi) is 4.47. The molecule has 1 aromatic carbocycles. The number of anilines is 1. The molecule has 10 heteroatoms. The van der Waals surface area contributed by atoms with E-state index in [0.29, 0.717) is 10.0 Å². The van der Waals surface area contributed by atoms with Gasteiger partial charge in [0, 0.05) is 17.8 Å². The highest BCUT2D eigenvalue weighted by Crippen LogP contribution is 2.18. The highest BCUT2D eigenvalue weighted by atomic mass is 32.2. The Hall–Kier alpha value is -1.78. The molecule has 1 saturated heterocycles. The summed E-state index contributed by atoms with van der Waals surface area (Å²) in [5, 5.41) is 14.7. The highest BCUT2D eigenvalue weighted by Gasteiger charge is 2.27. The molecule has 1 aliphatic rings. The van der Waals surface area contributed by atoms with Crippen molar-refractivity contribution in [1.82, 2.24) is 10.4 Å². The Morgan fingerprint density at radius 3 is 2.85 bits per heavy atom. The quantitative estimate of drug-likeness (QED) is 0.492. The number of nitro benzene ring substituents is 1. The SMILES string of the molecule is O=C1CSC(=S)N1NC(=S)Nc1cccc([N+](=O)[O-])c1. The first-order chi connectivity index (χ1) is 9.47. The molecular formula is C10H8N4O3S3. The number of hydrogen-bond acceptors (Lipinski definition) is 6. The molecule has 104 valence electrons. The molecule has 0 atom stereocenters. The second-order valence-electron chi connectivity index (χ2n) is 3.66. The predicted molar refractivity (Wildman–Crippen MR) is 84.4 cm³/mol. The minimum Gasteiger partial charge on any atom is -0.331 e. The third-order valence-corrected chi connectivity index (χ3v) is 3.83. The molecule has 0 saturated carbocycles. The molecule has 1 amide bonds. The van der Waals surface area contributed by atoms with E-state index in [-0.39, 0.29) is 22.5 Å². The van der Waals surface area contributed by atoms with Gasteiger partial charge in [0.05, 0.1) is 10.7 Å². The molecule has 2 rings (SSSR count). The van der Waals surface area contributed by atoms with Gasteiger partial charge >= 0.3 is 0 Å². The number of rotatable bonds is 3. The van der Waals surface area contributed by atoms with Crippen LogP contribution >= 0.6 is 36.2 Å². The van der Waals surface area contributed by atoms with Crippen LogP contribution in [-0.4, -0.2) is 31.0 Å². The Labute approximate surface area is 128 Å². The van der Waals surface area contributed by atoms with Crippen molar-refractivity contribution in [3.05, 3.63) is 34.4 Å². The van der Waals surface area contributed by atoms with Crippen molar-refractivity contribution in [3.63, 3.8) is 0 Å². The van der Waals surface area contributed by atoms with Crippen molar-refractivity contribution in [2.75, 3.05) is 11.1 Å². The fourth-order valence-corrected chi connectivity index (χ4v) is 2.61. The van der Waals surface area contributed by atoms with E-state index in [1.807, 2.05) is 0 Å². The van der Waals surface area contributed by atoms with Gasteiger partial charge in [0.25, 0.3) is 11.6 Å². The molecule has 1 aliphatic heterocycles. The van der Waals surface area contributed by atoms with E-state index >= 15 is 0 Å². The van der Waals surface area contributed by atoms with E-state index in [4.69, 9.17) is 24.4 Å². The lowest BCUT2D eigenvalue weighted by atomic mass is 10.3. The molecule has 0 bridgehead atoms. The minimum atomic E-state index is -0.503. The van der Waals surface area contributed by atoms with E-state index in [1.54, 1.807) is 6.07 Å². The number of nitro groups is 1. The normalized spacial score (nSPS) is 14.3. The van der Waals surface area contributed by atoms with Gasteiger partial charge in [-0.25, -0.2) is 5.01 Å². The first kappa shape index (κ1) is 14.6. The molecule has 1 heterocycles. The van der Waals surface area contributed by atoms with Crippen LogP contribution in [0, 0.1) is 10.1 Å². The van der Waals surface area contributed by atoms with Crippen molar-refractivity contribution in [1.29, 1.82) is 0 Å². The second-order valence-corrected chi connectivity index (χ2v) is 5.67. The summed E-state index contributed by atoms with van der Waals surface area (Å²) in [6.45, 7) is 0. The number of amides is 1. The lowest BCUT2D eigenvalue weighted by Crippen LogP contribution is -2.46. The van der Waals surface area contributed by atoms with Crippen LogP contribution in [0.15, 0.2) is 24.3 Å². The van der Waals surface area contributed by atoms with Crippen LogP contribution in [0.2, 0.25) is 0 Å². The van der Waals surface area contributed by atoms with Crippen LogP contribution < -0.4 is 10.7 Å². The van der Waals surface area contributed by atoms with Gasteiger partial charge in [-0.3, -0.25) is 20.3 Å². The summed E-state index contributed by atoms with van der Waals surface area (Å²) in [4.78, 5) is 21.7. The van der Waals surface area contributed by atoms with Crippen molar-refractivity contribution in [2.24, 2.45) is 0 Å². The van der Waals surface area contributed by atoms with E-state index in [0.717, 1.165) is 0 Å². The van der Waals surface area contributed by atoms with Crippen LogP contribution in [0.3, 0.4) is 0 Å². The highest BCUT2D eigenvalue weighted by molar-refractivity contribution is 8.23. The molecule has 1 fully saturated rings. The third-order valence-electron chi connectivity index (χ3n) is 2.28. The topological polar surface area (TPSA) is 87.5 Å². The largest absolute Gasteiger partial charge is 0.331 e. The summed E-state index contributed by atoms with van der Waals surface area (Å²) in [5.74, 6) is 0.0776. The van der Waals surface area contributed by atoms with Crippen molar-refractivity contribution in [3.8, 4) is 0 Å². The van der Waals surface area contributed by atoms with Gasteiger partial charge in [0.2, 0.25) is 0 Å². The van der Waals surface area contributed by atoms with Gasteiger partial charge in [-0.1, -0.05) is 30.0 Å². The number of hydrazine groups is 1. The van der Waals surface area contributed by atoms with Crippen LogP contribution in [0.5, 0.6) is 0 Å². The zero-order valence-corrected chi connectivity index (χ0v) is 12.3. The summed E-state index contributed by atoms with van der Waals surface area (Å²) in [6, 6.07) is 5.87. The number of carbonyl (C=O) groups is 1. The first-order valence-electron chi connectivity index (χ1n) is 5.29. The van der Waals surface area contributed by atoms with E-state index in [9.17, 15) is 14.9 Å². The summed E-state index contributed by atoms with van der Waals surface area (Å²) >= 11 is 11.3. The second kappa shape index (κ2) is 6.11. The van der Waals surface area contributed by atoms with E-state index in [2.05, 4.69) is 10.7 Å². The molecule has 7 nitrogen and oxygen atoms in total. The van der Waals surface area contributed by atoms with Crippen LogP contribution in [-0.2, 0) is 4.79 Å². The van der Waals surface area contributed by atoms with Crippen molar-refractivity contribution in [2.45, 2.75) is 0 Å². The zero-order chi connectivity index (χ0) is 14.7. The van der Waals surface area contributed by atoms with Gasteiger partial charge < -0.3 is 5.32 Å². The third kappa shape index (κ3) is 3.40. The molecule has 0 aliphatic carbocycles. The number of nitrogens with zero attached hydrogens (tertiary/aromatic N) is 2. The monoisotopic (exact) mass is 328 g/mol. The Balaban J connectivity index is 2.01. The lowest BCUT2D eigenvalue weighted by molar-refractivity contribution is -0.384. The van der Waals surface area contributed by atoms with Gasteiger partial charge in [-0.05, 0) is 18.3 Å². The molecule has 0 radical (unpaired) electrons.